The first kappa shape index (κ1) is 12.4. The number of pyridine rings is 1. The number of halogens is 1. The summed E-state index contributed by atoms with van der Waals surface area (Å²) in [5.41, 5.74) is 7.49. The smallest absolute Gasteiger partial charge is 0.142 e. The van der Waals surface area contributed by atoms with Crippen molar-refractivity contribution in [2.24, 2.45) is 0 Å². The zero-order chi connectivity index (χ0) is 13.0. The van der Waals surface area contributed by atoms with E-state index in [-0.39, 0.29) is 5.82 Å². The Labute approximate surface area is 105 Å². The molecule has 18 heavy (non-hydrogen) atoms. The topological polar surface area (TPSA) is 48.1 Å². The Hall–Kier alpha value is -2.10. The fourth-order valence-electron chi connectivity index (χ4n) is 1.61. The Morgan fingerprint density at radius 3 is 2.89 bits per heavy atom. The van der Waals surface area contributed by atoms with Crippen LogP contribution >= 0.6 is 0 Å². The lowest BCUT2D eigenvalue weighted by Crippen LogP contribution is -2.05. The van der Waals surface area contributed by atoms with E-state index in [0.717, 1.165) is 5.69 Å². The van der Waals surface area contributed by atoms with Crippen LogP contribution in [0, 0.1) is 12.7 Å². The summed E-state index contributed by atoms with van der Waals surface area (Å²) in [7, 11) is 0. The third-order valence-corrected chi connectivity index (χ3v) is 2.63. The summed E-state index contributed by atoms with van der Waals surface area (Å²) in [6.07, 6.45) is 2.43. The molecule has 2 aromatic rings. The van der Waals surface area contributed by atoms with Gasteiger partial charge in [-0.2, -0.15) is 0 Å². The van der Waals surface area contributed by atoms with Crippen LogP contribution in [0.25, 0.3) is 0 Å². The van der Waals surface area contributed by atoms with E-state index < -0.39 is 0 Å². The summed E-state index contributed by atoms with van der Waals surface area (Å²) in [4.78, 5) is 4.19. The number of ether oxygens (including phenoxy) is 1. The maximum absolute atomic E-state index is 13.2. The van der Waals surface area contributed by atoms with Crippen molar-refractivity contribution in [2.75, 3.05) is 12.3 Å². The molecule has 0 aliphatic carbocycles. The van der Waals surface area contributed by atoms with Crippen molar-refractivity contribution in [3.63, 3.8) is 0 Å². The molecule has 0 spiro atoms. The molecule has 1 aromatic heterocycles. The second kappa shape index (κ2) is 5.49. The molecule has 4 heteroatoms. The van der Waals surface area contributed by atoms with Crippen molar-refractivity contribution in [2.45, 2.75) is 13.3 Å². The van der Waals surface area contributed by atoms with Gasteiger partial charge in [-0.05, 0) is 30.7 Å². The van der Waals surface area contributed by atoms with E-state index >= 15 is 0 Å². The van der Waals surface area contributed by atoms with E-state index in [1.807, 2.05) is 18.2 Å². The predicted octanol–water partition coefficient (Wildman–Crippen LogP) is 2.73. The molecule has 0 amide bonds. The molecule has 2 rings (SSSR count). The van der Waals surface area contributed by atoms with Gasteiger partial charge in [0.05, 0.1) is 12.3 Å². The molecule has 0 radical (unpaired) electrons. The molecular weight excluding hydrogens is 231 g/mol. The molecule has 0 atom stereocenters. The molecule has 0 bridgehead atoms. The largest absolute Gasteiger partial charge is 0.491 e. The fourth-order valence-corrected chi connectivity index (χ4v) is 1.61. The Morgan fingerprint density at radius 1 is 1.33 bits per heavy atom. The monoisotopic (exact) mass is 246 g/mol. The van der Waals surface area contributed by atoms with Crippen LogP contribution in [0.2, 0.25) is 0 Å². The summed E-state index contributed by atoms with van der Waals surface area (Å²) in [5, 5.41) is 0. The maximum Gasteiger partial charge on any atom is 0.142 e. The summed E-state index contributed by atoms with van der Waals surface area (Å²) in [5.74, 6) is 0.203. The zero-order valence-electron chi connectivity index (χ0n) is 10.2. The van der Waals surface area contributed by atoms with Gasteiger partial charge in [0.25, 0.3) is 0 Å². The van der Waals surface area contributed by atoms with Crippen molar-refractivity contribution >= 4 is 5.69 Å². The summed E-state index contributed by atoms with van der Waals surface area (Å²) >= 11 is 0. The van der Waals surface area contributed by atoms with E-state index in [1.54, 1.807) is 19.2 Å². The molecule has 1 heterocycles. The molecule has 3 nitrogen and oxygen atoms in total. The number of hydrogen-bond donors (Lipinski definition) is 1. The van der Waals surface area contributed by atoms with Crippen LogP contribution in [0.15, 0.2) is 36.5 Å². The predicted molar refractivity (Wildman–Crippen MR) is 69.0 cm³/mol. The van der Waals surface area contributed by atoms with Gasteiger partial charge in [-0.25, -0.2) is 4.39 Å². The lowest BCUT2D eigenvalue weighted by atomic mass is 10.2. The first-order valence-corrected chi connectivity index (χ1v) is 5.75. The van der Waals surface area contributed by atoms with Crippen LogP contribution in [-0.2, 0) is 6.42 Å². The minimum absolute atomic E-state index is 0.315. The summed E-state index contributed by atoms with van der Waals surface area (Å²) < 4.78 is 18.7. The van der Waals surface area contributed by atoms with Gasteiger partial charge in [-0.15, -0.1) is 0 Å². The van der Waals surface area contributed by atoms with Gasteiger partial charge < -0.3 is 10.5 Å². The van der Waals surface area contributed by atoms with E-state index in [1.165, 1.54) is 6.07 Å². The molecule has 94 valence electrons. The number of benzene rings is 1. The van der Waals surface area contributed by atoms with E-state index in [9.17, 15) is 4.39 Å². The number of rotatable bonds is 4. The number of aromatic nitrogens is 1. The van der Waals surface area contributed by atoms with Gasteiger partial charge in [-0.3, -0.25) is 4.98 Å². The zero-order valence-corrected chi connectivity index (χ0v) is 10.2. The number of nitrogen functional groups attached to an aromatic ring is 1. The minimum Gasteiger partial charge on any atom is -0.491 e. The minimum atomic E-state index is -0.315. The standard InChI is InChI=1S/C14H15FN2O/c1-10-8-14(13(16)9-12(10)15)18-7-5-11-4-2-3-6-17-11/h2-4,6,8-9H,5,7,16H2,1H3. The van der Waals surface area contributed by atoms with Crippen molar-refractivity contribution < 1.29 is 9.13 Å². The summed E-state index contributed by atoms with van der Waals surface area (Å²) in [6, 6.07) is 8.63. The average Bonchev–Trinajstić information content (AvgIpc) is 2.37. The second-order valence-corrected chi connectivity index (χ2v) is 4.06. The van der Waals surface area contributed by atoms with Gasteiger partial charge in [0, 0.05) is 24.4 Å². The average molecular weight is 246 g/mol. The Kier molecular flexibility index (Phi) is 3.77. The highest BCUT2D eigenvalue weighted by molar-refractivity contribution is 5.54. The van der Waals surface area contributed by atoms with Gasteiger partial charge in [0.15, 0.2) is 0 Å². The fraction of sp³-hybridized carbons (Fsp3) is 0.214. The number of nitrogens with two attached hydrogens (primary N) is 1. The van der Waals surface area contributed by atoms with Crippen LogP contribution in [0.4, 0.5) is 10.1 Å². The van der Waals surface area contributed by atoms with Crippen molar-refractivity contribution in [1.82, 2.24) is 4.98 Å². The first-order chi connectivity index (χ1) is 8.66. The van der Waals surface area contributed by atoms with E-state index in [4.69, 9.17) is 10.5 Å². The quantitative estimate of drug-likeness (QED) is 0.844. The number of aryl methyl sites for hydroxylation is 1. The number of nitrogens with zero attached hydrogens (tertiary/aromatic N) is 1. The van der Waals surface area contributed by atoms with Crippen LogP contribution in [0.5, 0.6) is 5.75 Å². The van der Waals surface area contributed by atoms with Gasteiger partial charge in [0.1, 0.15) is 11.6 Å². The third-order valence-electron chi connectivity index (χ3n) is 2.63. The molecule has 1 aromatic carbocycles. The molecule has 0 fully saturated rings. The van der Waals surface area contributed by atoms with E-state index in [0.29, 0.717) is 30.0 Å². The Bertz CT molecular complexity index is 529. The van der Waals surface area contributed by atoms with Crippen LogP contribution in [0.3, 0.4) is 0 Å². The van der Waals surface area contributed by atoms with Crippen LogP contribution in [0.1, 0.15) is 11.3 Å². The van der Waals surface area contributed by atoms with Crippen molar-refractivity contribution in [3.8, 4) is 5.75 Å². The SMILES string of the molecule is Cc1cc(OCCc2ccccn2)c(N)cc1F. The second-order valence-electron chi connectivity index (χ2n) is 4.06. The molecule has 0 aliphatic heterocycles. The van der Waals surface area contributed by atoms with E-state index in [2.05, 4.69) is 4.98 Å². The highest BCUT2D eigenvalue weighted by atomic mass is 19.1. The molecule has 0 unspecified atom stereocenters. The molecule has 2 N–H and O–H groups in total. The third kappa shape index (κ3) is 2.97. The Morgan fingerprint density at radius 2 is 2.17 bits per heavy atom. The van der Waals surface area contributed by atoms with Gasteiger partial charge in [0.2, 0.25) is 0 Å². The lowest BCUT2D eigenvalue weighted by Gasteiger charge is -2.10. The first-order valence-electron chi connectivity index (χ1n) is 5.75. The summed E-state index contributed by atoms with van der Waals surface area (Å²) in [6.45, 7) is 2.15. The molecular formula is C14H15FN2O. The highest BCUT2D eigenvalue weighted by Gasteiger charge is 2.06. The molecule has 0 saturated carbocycles. The van der Waals surface area contributed by atoms with Crippen LogP contribution in [-0.4, -0.2) is 11.6 Å². The maximum atomic E-state index is 13.2. The van der Waals surface area contributed by atoms with Gasteiger partial charge in [-0.1, -0.05) is 6.07 Å². The normalized spacial score (nSPS) is 10.3. The Balaban J connectivity index is 1.97. The van der Waals surface area contributed by atoms with Crippen molar-refractivity contribution in [3.05, 3.63) is 53.6 Å². The van der Waals surface area contributed by atoms with Crippen LogP contribution < -0.4 is 10.5 Å². The number of anilines is 1. The lowest BCUT2D eigenvalue weighted by molar-refractivity contribution is 0.321. The molecule has 0 aliphatic rings. The number of hydrogen-bond acceptors (Lipinski definition) is 3. The van der Waals surface area contributed by atoms with Gasteiger partial charge >= 0.3 is 0 Å². The van der Waals surface area contributed by atoms with Crippen molar-refractivity contribution in [1.29, 1.82) is 0 Å². The molecule has 0 saturated heterocycles. The highest BCUT2D eigenvalue weighted by Crippen LogP contribution is 2.24.